The molecule has 2 N–H and O–H groups in total. The average molecular weight is 451 g/mol. The Bertz CT molecular complexity index is 715. The molecule has 132 valence electrons. The van der Waals surface area contributed by atoms with E-state index in [1.807, 2.05) is 55.5 Å². The summed E-state index contributed by atoms with van der Waals surface area (Å²) in [5, 5.41) is 6.19. The number of nitrogens with one attached hydrogen (secondary N) is 2. The molecule has 1 aliphatic heterocycles. The van der Waals surface area contributed by atoms with Gasteiger partial charge in [0.05, 0.1) is 13.2 Å². The van der Waals surface area contributed by atoms with Crippen LogP contribution in [-0.4, -0.2) is 38.3 Å². The van der Waals surface area contributed by atoms with Crippen molar-refractivity contribution in [3.8, 4) is 0 Å². The number of nitrogens with zero attached hydrogens (tertiary/aromatic N) is 1. The normalized spacial score (nSPS) is 15.5. The van der Waals surface area contributed by atoms with Crippen molar-refractivity contribution in [3.05, 3.63) is 52.1 Å². The van der Waals surface area contributed by atoms with Crippen molar-refractivity contribution in [1.82, 2.24) is 0 Å². The Hall–Kier alpha value is -1.80. The van der Waals surface area contributed by atoms with Crippen molar-refractivity contribution in [2.45, 2.75) is 13.0 Å². The van der Waals surface area contributed by atoms with Crippen LogP contribution in [-0.2, 0) is 9.53 Å². The predicted octanol–water partition coefficient (Wildman–Crippen LogP) is 3.57. The molecule has 1 amide bonds. The molecule has 0 saturated carbocycles. The molecule has 6 heteroatoms. The maximum atomic E-state index is 12.4. The fraction of sp³-hybridized carbons (Fsp3) is 0.316. The Labute approximate surface area is 161 Å². The van der Waals surface area contributed by atoms with Gasteiger partial charge < -0.3 is 20.3 Å². The van der Waals surface area contributed by atoms with E-state index in [1.54, 1.807) is 0 Å². The molecule has 0 spiro atoms. The number of benzene rings is 2. The summed E-state index contributed by atoms with van der Waals surface area (Å²) >= 11 is 2.26. The highest BCUT2D eigenvalue weighted by Gasteiger charge is 2.14. The molecule has 1 aliphatic rings. The zero-order valence-corrected chi connectivity index (χ0v) is 16.3. The lowest BCUT2D eigenvalue weighted by Gasteiger charge is -2.29. The molecular weight excluding hydrogens is 429 g/mol. The number of hydrogen-bond acceptors (Lipinski definition) is 4. The Morgan fingerprint density at radius 2 is 1.84 bits per heavy atom. The van der Waals surface area contributed by atoms with Crippen LogP contribution in [0.1, 0.15) is 6.92 Å². The summed E-state index contributed by atoms with van der Waals surface area (Å²) in [4.78, 5) is 14.7. The van der Waals surface area contributed by atoms with Gasteiger partial charge in [0.25, 0.3) is 0 Å². The minimum atomic E-state index is -0.322. The van der Waals surface area contributed by atoms with Gasteiger partial charge in [0.1, 0.15) is 6.04 Å². The van der Waals surface area contributed by atoms with Crippen molar-refractivity contribution >= 4 is 45.6 Å². The molecule has 1 saturated heterocycles. The van der Waals surface area contributed by atoms with E-state index >= 15 is 0 Å². The van der Waals surface area contributed by atoms with Gasteiger partial charge in [0.2, 0.25) is 5.91 Å². The van der Waals surface area contributed by atoms with E-state index in [2.05, 4.69) is 38.1 Å². The van der Waals surface area contributed by atoms with Crippen LogP contribution in [0.3, 0.4) is 0 Å². The van der Waals surface area contributed by atoms with Gasteiger partial charge >= 0.3 is 0 Å². The van der Waals surface area contributed by atoms with Gasteiger partial charge in [0.15, 0.2) is 0 Å². The molecule has 0 bridgehead atoms. The first-order chi connectivity index (χ1) is 12.1. The van der Waals surface area contributed by atoms with Crippen molar-refractivity contribution in [2.24, 2.45) is 0 Å². The van der Waals surface area contributed by atoms with Crippen LogP contribution in [0.4, 0.5) is 17.1 Å². The second-order valence-corrected chi connectivity index (χ2v) is 7.26. The Morgan fingerprint density at radius 3 is 2.52 bits per heavy atom. The topological polar surface area (TPSA) is 53.6 Å². The van der Waals surface area contributed by atoms with Gasteiger partial charge in [-0.3, -0.25) is 4.79 Å². The third-order valence-corrected chi connectivity index (χ3v) is 4.78. The van der Waals surface area contributed by atoms with E-state index in [1.165, 1.54) is 0 Å². The Balaban J connectivity index is 1.56. The van der Waals surface area contributed by atoms with E-state index in [0.29, 0.717) is 0 Å². The summed E-state index contributed by atoms with van der Waals surface area (Å²) in [5.41, 5.74) is 2.90. The second kappa shape index (κ2) is 8.53. The van der Waals surface area contributed by atoms with Crippen LogP contribution in [0.5, 0.6) is 0 Å². The van der Waals surface area contributed by atoms with E-state index in [0.717, 1.165) is 46.9 Å². The predicted molar refractivity (Wildman–Crippen MR) is 110 cm³/mol. The SMILES string of the molecule is CC(Nc1cccc(I)c1)C(=O)Nc1ccc(N2CCOCC2)cc1. The van der Waals surface area contributed by atoms with Crippen LogP contribution in [0.25, 0.3) is 0 Å². The molecule has 0 aromatic heterocycles. The van der Waals surface area contributed by atoms with Crippen molar-refractivity contribution in [1.29, 1.82) is 0 Å². The number of carbonyl (C=O) groups excluding carboxylic acids is 1. The molecule has 1 atom stereocenters. The Kier molecular flexibility index (Phi) is 6.14. The molecule has 2 aromatic rings. The monoisotopic (exact) mass is 451 g/mol. The summed E-state index contributed by atoms with van der Waals surface area (Å²) in [6.07, 6.45) is 0. The number of ether oxygens (including phenoxy) is 1. The van der Waals surface area contributed by atoms with Crippen molar-refractivity contribution in [3.63, 3.8) is 0 Å². The van der Waals surface area contributed by atoms with Crippen LogP contribution < -0.4 is 15.5 Å². The summed E-state index contributed by atoms with van der Waals surface area (Å²) < 4.78 is 6.51. The lowest BCUT2D eigenvalue weighted by Crippen LogP contribution is -2.36. The molecular formula is C19H22IN3O2. The number of morpholine rings is 1. The number of halogens is 1. The molecule has 2 aromatic carbocycles. The number of carbonyl (C=O) groups is 1. The summed E-state index contributed by atoms with van der Waals surface area (Å²) in [5.74, 6) is -0.0574. The van der Waals surface area contributed by atoms with Gasteiger partial charge in [-0.15, -0.1) is 0 Å². The highest BCUT2D eigenvalue weighted by Crippen LogP contribution is 2.19. The van der Waals surface area contributed by atoms with Gasteiger partial charge in [-0.2, -0.15) is 0 Å². The fourth-order valence-electron chi connectivity index (χ4n) is 2.72. The van der Waals surface area contributed by atoms with Crippen LogP contribution in [0.15, 0.2) is 48.5 Å². The smallest absolute Gasteiger partial charge is 0.246 e. The first-order valence-corrected chi connectivity index (χ1v) is 9.45. The maximum absolute atomic E-state index is 12.4. The summed E-state index contributed by atoms with van der Waals surface area (Å²) in [7, 11) is 0. The molecule has 0 radical (unpaired) electrons. The highest BCUT2D eigenvalue weighted by atomic mass is 127. The van der Waals surface area contributed by atoms with Crippen LogP contribution >= 0.6 is 22.6 Å². The molecule has 0 aliphatic carbocycles. The maximum Gasteiger partial charge on any atom is 0.246 e. The standard InChI is InChI=1S/C19H22IN3O2/c1-14(21-17-4-2-3-15(20)13-17)19(24)22-16-5-7-18(8-6-16)23-9-11-25-12-10-23/h2-8,13-14,21H,9-12H2,1H3,(H,22,24). The highest BCUT2D eigenvalue weighted by molar-refractivity contribution is 14.1. The van der Waals surface area contributed by atoms with Gasteiger partial charge in [0, 0.05) is 33.7 Å². The molecule has 1 unspecified atom stereocenters. The third-order valence-electron chi connectivity index (χ3n) is 4.11. The van der Waals surface area contributed by atoms with E-state index in [9.17, 15) is 4.79 Å². The first-order valence-electron chi connectivity index (χ1n) is 8.37. The lowest BCUT2D eigenvalue weighted by molar-refractivity contribution is -0.116. The van der Waals surface area contributed by atoms with Crippen LogP contribution in [0.2, 0.25) is 0 Å². The van der Waals surface area contributed by atoms with Crippen molar-refractivity contribution < 1.29 is 9.53 Å². The summed E-state index contributed by atoms with van der Waals surface area (Å²) in [6.45, 7) is 5.20. The number of hydrogen-bond donors (Lipinski definition) is 2. The quantitative estimate of drug-likeness (QED) is 0.683. The zero-order chi connectivity index (χ0) is 17.6. The molecule has 25 heavy (non-hydrogen) atoms. The first kappa shape index (κ1) is 18.0. The van der Waals surface area contributed by atoms with Crippen molar-refractivity contribution in [2.75, 3.05) is 41.8 Å². The minimum Gasteiger partial charge on any atom is -0.378 e. The number of rotatable bonds is 5. The van der Waals surface area contributed by atoms with Gasteiger partial charge in [-0.05, 0) is 72.0 Å². The Morgan fingerprint density at radius 1 is 1.12 bits per heavy atom. The largest absolute Gasteiger partial charge is 0.378 e. The summed E-state index contributed by atoms with van der Waals surface area (Å²) in [6, 6.07) is 15.6. The van der Waals surface area contributed by atoms with E-state index in [4.69, 9.17) is 4.74 Å². The number of amides is 1. The molecule has 1 fully saturated rings. The lowest BCUT2D eigenvalue weighted by atomic mass is 10.2. The fourth-order valence-corrected chi connectivity index (χ4v) is 3.26. The second-order valence-electron chi connectivity index (χ2n) is 6.01. The van der Waals surface area contributed by atoms with E-state index < -0.39 is 0 Å². The molecule has 3 rings (SSSR count). The van der Waals surface area contributed by atoms with E-state index in [-0.39, 0.29) is 11.9 Å². The zero-order valence-electron chi connectivity index (χ0n) is 14.2. The third kappa shape index (κ3) is 5.09. The van der Waals surface area contributed by atoms with Crippen LogP contribution in [0, 0.1) is 3.57 Å². The number of anilines is 3. The van der Waals surface area contributed by atoms with Gasteiger partial charge in [-0.25, -0.2) is 0 Å². The average Bonchev–Trinajstić information content (AvgIpc) is 2.63. The van der Waals surface area contributed by atoms with Gasteiger partial charge in [-0.1, -0.05) is 6.07 Å². The molecule has 5 nitrogen and oxygen atoms in total. The molecule has 1 heterocycles. The minimum absolute atomic E-state index is 0.0574.